The van der Waals surface area contributed by atoms with Crippen molar-refractivity contribution in [1.29, 1.82) is 0 Å². The molecule has 1 saturated heterocycles. The number of rotatable bonds is 4. The van der Waals surface area contributed by atoms with Gasteiger partial charge in [0.15, 0.2) is 0 Å². The molecule has 0 spiro atoms. The van der Waals surface area contributed by atoms with Crippen molar-refractivity contribution >= 4 is 11.6 Å². The van der Waals surface area contributed by atoms with Crippen LogP contribution in [0.2, 0.25) is 5.02 Å². The highest BCUT2D eigenvalue weighted by molar-refractivity contribution is 6.31. The minimum Gasteiger partial charge on any atom is -0.493 e. The number of hydrogen-bond donors (Lipinski definition) is 1. The zero-order valence-electron chi connectivity index (χ0n) is 12.0. The normalized spacial score (nSPS) is 18.4. The van der Waals surface area contributed by atoms with Crippen molar-refractivity contribution in [3.05, 3.63) is 53.6 Å². The van der Waals surface area contributed by atoms with E-state index in [1.165, 1.54) is 12.8 Å². The molecule has 2 aromatic carbocycles. The molecule has 0 unspecified atom stereocenters. The van der Waals surface area contributed by atoms with E-state index in [9.17, 15) is 0 Å². The first-order valence-electron chi connectivity index (χ1n) is 7.51. The Morgan fingerprint density at radius 3 is 2.76 bits per heavy atom. The second-order valence-electron chi connectivity index (χ2n) is 5.53. The zero-order valence-corrected chi connectivity index (χ0v) is 12.8. The molecule has 3 rings (SSSR count). The van der Waals surface area contributed by atoms with Gasteiger partial charge in [0.25, 0.3) is 0 Å². The van der Waals surface area contributed by atoms with E-state index in [4.69, 9.17) is 16.3 Å². The summed E-state index contributed by atoms with van der Waals surface area (Å²) >= 11 is 6.15. The van der Waals surface area contributed by atoms with Crippen LogP contribution in [-0.4, -0.2) is 19.7 Å². The fourth-order valence-electron chi connectivity index (χ4n) is 2.75. The Labute approximate surface area is 131 Å². The van der Waals surface area contributed by atoms with Gasteiger partial charge < -0.3 is 10.1 Å². The average Bonchev–Trinajstić information content (AvgIpc) is 2.55. The van der Waals surface area contributed by atoms with Crippen LogP contribution in [-0.2, 0) is 0 Å². The van der Waals surface area contributed by atoms with Gasteiger partial charge in [0, 0.05) is 23.0 Å². The molecule has 0 bridgehead atoms. The zero-order chi connectivity index (χ0) is 14.5. The highest BCUT2D eigenvalue weighted by atomic mass is 35.5. The van der Waals surface area contributed by atoms with Crippen molar-refractivity contribution < 1.29 is 4.74 Å². The standard InChI is InChI=1S/C18H20ClNO/c19-16-8-9-18(21-13-14-5-4-10-20-12-14)17(11-16)15-6-2-1-3-7-15/h1-3,6-9,11,14,20H,4-5,10,12-13H2/t14-/m1/s1. The second kappa shape index (κ2) is 6.97. The van der Waals surface area contributed by atoms with Gasteiger partial charge in [-0.05, 0) is 43.1 Å². The van der Waals surface area contributed by atoms with E-state index < -0.39 is 0 Å². The molecule has 0 radical (unpaired) electrons. The van der Waals surface area contributed by atoms with E-state index in [-0.39, 0.29) is 0 Å². The van der Waals surface area contributed by atoms with Gasteiger partial charge in [-0.2, -0.15) is 0 Å². The lowest BCUT2D eigenvalue weighted by Gasteiger charge is -2.23. The van der Waals surface area contributed by atoms with Gasteiger partial charge in [0.2, 0.25) is 0 Å². The van der Waals surface area contributed by atoms with Gasteiger partial charge in [-0.1, -0.05) is 41.9 Å². The molecular weight excluding hydrogens is 282 g/mol. The average molecular weight is 302 g/mol. The first kappa shape index (κ1) is 14.4. The van der Waals surface area contributed by atoms with Gasteiger partial charge in [-0.15, -0.1) is 0 Å². The largest absolute Gasteiger partial charge is 0.493 e. The summed E-state index contributed by atoms with van der Waals surface area (Å²) in [5.74, 6) is 1.51. The highest BCUT2D eigenvalue weighted by Crippen LogP contribution is 2.33. The molecule has 1 aliphatic rings. The van der Waals surface area contributed by atoms with Crippen molar-refractivity contribution in [1.82, 2.24) is 5.32 Å². The van der Waals surface area contributed by atoms with E-state index in [0.717, 1.165) is 41.6 Å². The molecule has 110 valence electrons. The molecule has 1 fully saturated rings. The predicted octanol–water partition coefficient (Wildman–Crippen LogP) is 4.39. The smallest absolute Gasteiger partial charge is 0.127 e. The second-order valence-corrected chi connectivity index (χ2v) is 5.97. The third-order valence-electron chi connectivity index (χ3n) is 3.90. The van der Waals surface area contributed by atoms with E-state index >= 15 is 0 Å². The van der Waals surface area contributed by atoms with E-state index in [1.54, 1.807) is 0 Å². The fraction of sp³-hybridized carbons (Fsp3) is 0.333. The Balaban J connectivity index is 1.78. The summed E-state index contributed by atoms with van der Waals surface area (Å²) in [5.41, 5.74) is 2.20. The topological polar surface area (TPSA) is 21.3 Å². The summed E-state index contributed by atoms with van der Waals surface area (Å²) in [5, 5.41) is 4.16. The Kier molecular flexibility index (Phi) is 4.79. The van der Waals surface area contributed by atoms with Gasteiger partial charge in [-0.3, -0.25) is 0 Å². The number of hydrogen-bond acceptors (Lipinski definition) is 2. The molecule has 1 heterocycles. The van der Waals surface area contributed by atoms with Crippen molar-refractivity contribution in [2.75, 3.05) is 19.7 Å². The minimum atomic E-state index is 0.595. The molecule has 0 saturated carbocycles. The molecule has 0 aliphatic carbocycles. The van der Waals surface area contributed by atoms with Crippen LogP contribution in [0.1, 0.15) is 12.8 Å². The van der Waals surface area contributed by atoms with Crippen molar-refractivity contribution in [2.24, 2.45) is 5.92 Å². The van der Waals surface area contributed by atoms with Gasteiger partial charge in [-0.25, -0.2) is 0 Å². The molecule has 2 nitrogen and oxygen atoms in total. The van der Waals surface area contributed by atoms with Crippen LogP contribution in [0.5, 0.6) is 5.75 Å². The maximum Gasteiger partial charge on any atom is 0.127 e. The molecule has 1 N–H and O–H groups in total. The molecule has 0 aromatic heterocycles. The van der Waals surface area contributed by atoms with Crippen LogP contribution in [0.15, 0.2) is 48.5 Å². The van der Waals surface area contributed by atoms with E-state index in [0.29, 0.717) is 5.92 Å². The number of ether oxygens (including phenoxy) is 1. The lowest BCUT2D eigenvalue weighted by atomic mass is 10.0. The summed E-state index contributed by atoms with van der Waals surface area (Å²) in [6.45, 7) is 2.94. The summed E-state index contributed by atoms with van der Waals surface area (Å²) in [7, 11) is 0. The van der Waals surface area contributed by atoms with E-state index in [2.05, 4.69) is 17.4 Å². The highest BCUT2D eigenvalue weighted by Gasteiger charge is 2.15. The maximum atomic E-state index is 6.15. The van der Waals surface area contributed by atoms with Gasteiger partial charge >= 0.3 is 0 Å². The number of piperidine rings is 1. The molecule has 21 heavy (non-hydrogen) atoms. The third kappa shape index (κ3) is 3.78. The molecule has 2 aromatic rings. The minimum absolute atomic E-state index is 0.595. The summed E-state index contributed by atoms with van der Waals surface area (Å²) < 4.78 is 6.09. The fourth-order valence-corrected chi connectivity index (χ4v) is 2.92. The Morgan fingerprint density at radius 2 is 2.00 bits per heavy atom. The Morgan fingerprint density at radius 1 is 1.14 bits per heavy atom. The third-order valence-corrected chi connectivity index (χ3v) is 4.13. The van der Waals surface area contributed by atoms with Gasteiger partial charge in [0.05, 0.1) is 6.61 Å². The summed E-state index contributed by atoms with van der Waals surface area (Å²) in [4.78, 5) is 0. The first-order valence-corrected chi connectivity index (χ1v) is 7.89. The van der Waals surface area contributed by atoms with Crippen LogP contribution in [0.3, 0.4) is 0 Å². The predicted molar refractivity (Wildman–Crippen MR) is 88.0 cm³/mol. The quantitative estimate of drug-likeness (QED) is 0.904. The molecule has 1 atom stereocenters. The number of benzene rings is 2. The van der Waals surface area contributed by atoms with E-state index in [1.807, 2.05) is 36.4 Å². The molecule has 0 amide bonds. The van der Waals surface area contributed by atoms with Crippen LogP contribution in [0.4, 0.5) is 0 Å². The Hall–Kier alpha value is -1.51. The van der Waals surface area contributed by atoms with Crippen LogP contribution < -0.4 is 10.1 Å². The van der Waals surface area contributed by atoms with Crippen molar-refractivity contribution in [3.8, 4) is 16.9 Å². The number of nitrogens with one attached hydrogen (secondary N) is 1. The summed E-state index contributed by atoms with van der Waals surface area (Å²) in [6.07, 6.45) is 2.47. The monoisotopic (exact) mass is 301 g/mol. The van der Waals surface area contributed by atoms with Crippen molar-refractivity contribution in [2.45, 2.75) is 12.8 Å². The SMILES string of the molecule is Clc1ccc(OC[C@@H]2CCCNC2)c(-c2ccccc2)c1. The van der Waals surface area contributed by atoms with Crippen LogP contribution >= 0.6 is 11.6 Å². The molecular formula is C18H20ClNO. The Bertz CT molecular complexity index is 579. The number of halogens is 1. The lowest BCUT2D eigenvalue weighted by Crippen LogP contribution is -2.33. The van der Waals surface area contributed by atoms with Crippen LogP contribution in [0, 0.1) is 5.92 Å². The van der Waals surface area contributed by atoms with Crippen LogP contribution in [0.25, 0.3) is 11.1 Å². The maximum absolute atomic E-state index is 6.15. The van der Waals surface area contributed by atoms with Gasteiger partial charge in [0.1, 0.15) is 5.75 Å². The molecule has 3 heteroatoms. The molecule has 1 aliphatic heterocycles. The first-order chi connectivity index (χ1) is 10.3. The summed E-state index contributed by atoms with van der Waals surface area (Å²) in [6, 6.07) is 16.1. The lowest BCUT2D eigenvalue weighted by molar-refractivity contribution is 0.219. The van der Waals surface area contributed by atoms with Crippen molar-refractivity contribution in [3.63, 3.8) is 0 Å².